The van der Waals surface area contributed by atoms with Crippen LogP contribution in [-0.2, 0) is 101 Å². The number of carboxylic acids is 1. The number of aromatic nitrogens is 3. The maximum atomic E-state index is 15.1. The Labute approximate surface area is 647 Å². The van der Waals surface area contributed by atoms with Crippen LogP contribution in [0.5, 0.6) is 0 Å². The number of benzene rings is 2. The Morgan fingerprint density at radius 3 is 1.65 bits per heavy atom. The van der Waals surface area contributed by atoms with E-state index >= 15 is 9.59 Å². The number of aliphatic hydroxyl groups excluding tert-OH is 2. The molecule has 112 heavy (non-hydrogen) atoms. The number of esters is 1. The number of primary amides is 2. The molecule has 1 fully saturated rings. The molecule has 5 rings (SSSR count). The van der Waals surface area contributed by atoms with Gasteiger partial charge in [0.1, 0.15) is 72.6 Å². The maximum absolute atomic E-state index is 15.1. The van der Waals surface area contributed by atoms with Gasteiger partial charge in [-0.15, -0.1) is 0 Å². The van der Waals surface area contributed by atoms with Crippen LogP contribution in [0.1, 0.15) is 129 Å². The van der Waals surface area contributed by atoms with Crippen molar-refractivity contribution in [1.29, 1.82) is 0 Å². The van der Waals surface area contributed by atoms with Crippen molar-refractivity contribution in [1.82, 2.24) is 77.9 Å². The molecule has 14 amide bonds. The van der Waals surface area contributed by atoms with Crippen molar-refractivity contribution >= 4 is 106 Å². The fourth-order valence-corrected chi connectivity index (χ4v) is 12.5. The summed E-state index contributed by atoms with van der Waals surface area (Å²) < 4.78 is 6.04. The van der Waals surface area contributed by atoms with Crippen LogP contribution in [0.3, 0.4) is 0 Å². The van der Waals surface area contributed by atoms with Gasteiger partial charge >= 0.3 is 11.9 Å². The predicted octanol–water partition coefficient (Wildman–Crippen LogP) is -3.76. The second-order valence-electron chi connectivity index (χ2n) is 28.8. The average molecular weight is 1570 g/mol. The Morgan fingerprint density at radius 1 is 0.562 bits per heavy atom. The monoisotopic (exact) mass is 1570 g/mol. The van der Waals surface area contributed by atoms with Crippen LogP contribution in [0.4, 0.5) is 0 Å². The van der Waals surface area contributed by atoms with Crippen LogP contribution in [-0.4, -0.2) is 248 Å². The highest BCUT2D eigenvalue weighted by Crippen LogP contribution is 2.23. The average Bonchev–Trinajstić information content (AvgIpc) is 1.47. The quantitative estimate of drug-likeness (QED) is 0.0283. The van der Waals surface area contributed by atoms with Gasteiger partial charge in [0.2, 0.25) is 82.7 Å². The van der Waals surface area contributed by atoms with Crippen molar-refractivity contribution in [2.75, 3.05) is 40.4 Å². The number of ether oxygens (including phenoxy) is 1. The Morgan fingerprint density at radius 2 is 1.09 bits per heavy atom. The normalized spacial score (nSPS) is 23.8. The predicted molar refractivity (Wildman–Crippen MR) is 402 cm³/mol. The largest absolute Gasteiger partial charge is 0.481 e. The molecule has 21 N–H and O–H groups in total. The smallest absolute Gasteiger partial charge is 0.329 e. The molecule has 1 aliphatic rings. The van der Waals surface area contributed by atoms with Gasteiger partial charge in [0.05, 0.1) is 45.3 Å². The Hall–Kier alpha value is -11.4. The standard InChI is InChI=1S/C74H108N18O20/c1-39(2)16-14-19-45-30-60(97)82-56(37-94)71(108)88-54(32-59(77)96)70(107)90-55(36-93)64(101)80-35-61(98)91(7)57(27-42-17-10-9-11-18-42)72(109)89-50(26-40(3)4)66(103)86-52(29-44-34-78-38-81-44)68(105)83-48(23-24-62(99)100)65(102)87-53(31-58(76)95)69(106)85-51(28-43-33-79-47-21-13-12-20-46(43)47)67(104)84-49(22-15-25-75)73(110)92(8)63(41(5)6)74(111)112-45/h9-13,17-18,20-21,33-34,38-41,45,48-57,63,79,93-94H,14-16,19,22-32,35-37,75H2,1-8H3,(H2,76,95)(H2,77,96)(H,78,81)(H,80,101)(H,82,97)(H,83,105)(H,84,104)(H,85,106)(H,86,103)(H,87,102)(H,88,108)(H,89,109)(H,90,107)(H,99,100)/t45-,48+,49-,50+,51-,52-,53-,54-,55+,56+,57-,63+/m1/s1. The lowest BCUT2D eigenvalue weighted by Crippen LogP contribution is -2.61. The van der Waals surface area contributed by atoms with Gasteiger partial charge in [-0.05, 0) is 80.0 Å². The van der Waals surface area contributed by atoms with Crippen molar-refractivity contribution in [3.8, 4) is 0 Å². The molecule has 0 bridgehead atoms. The molecule has 38 heteroatoms. The number of imidazole rings is 1. The number of hydrogen-bond donors (Lipinski definition) is 18. The van der Waals surface area contributed by atoms with Crippen LogP contribution in [0.25, 0.3) is 10.9 Å². The van der Waals surface area contributed by atoms with Gasteiger partial charge in [-0.25, -0.2) is 9.78 Å². The van der Waals surface area contributed by atoms with Crippen molar-refractivity contribution < 1.29 is 96.8 Å². The van der Waals surface area contributed by atoms with Crippen LogP contribution >= 0.6 is 0 Å². The molecule has 0 aliphatic carbocycles. The summed E-state index contributed by atoms with van der Waals surface area (Å²) in [6, 6.07) is -3.73. The number of aromatic amines is 2. The zero-order valence-electron chi connectivity index (χ0n) is 64.2. The van der Waals surface area contributed by atoms with Crippen LogP contribution < -0.4 is 70.4 Å². The number of hydrogen-bond acceptors (Lipinski definition) is 21. The summed E-state index contributed by atoms with van der Waals surface area (Å²) in [4.78, 5) is 238. The number of nitrogens with zero attached hydrogens (tertiary/aromatic N) is 3. The fourth-order valence-electron chi connectivity index (χ4n) is 12.5. The molecule has 12 atom stereocenters. The van der Waals surface area contributed by atoms with Crippen LogP contribution in [0.2, 0.25) is 0 Å². The number of carbonyl (C=O) groups is 16. The first-order chi connectivity index (χ1) is 53.0. The van der Waals surface area contributed by atoms with Gasteiger partial charge in [-0.1, -0.05) is 96.5 Å². The van der Waals surface area contributed by atoms with Crippen molar-refractivity contribution in [2.24, 2.45) is 35.0 Å². The number of rotatable bonds is 25. The van der Waals surface area contributed by atoms with E-state index in [1.54, 1.807) is 88.5 Å². The van der Waals surface area contributed by atoms with E-state index < -0.39 is 231 Å². The molecule has 4 aromatic rings. The lowest BCUT2D eigenvalue weighted by atomic mass is 9.99. The zero-order chi connectivity index (χ0) is 83.1. The molecule has 2 aromatic heterocycles. The molecule has 1 aliphatic heterocycles. The van der Waals surface area contributed by atoms with Crippen LogP contribution in [0, 0.1) is 17.8 Å². The third-order valence-corrected chi connectivity index (χ3v) is 18.5. The van der Waals surface area contributed by atoms with E-state index in [-0.39, 0.29) is 62.6 Å². The van der Waals surface area contributed by atoms with Gasteiger partial charge in [-0.2, -0.15) is 0 Å². The number of cyclic esters (lactones) is 1. The summed E-state index contributed by atoms with van der Waals surface area (Å²) in [6.07, 6.45) is -1.28. The number of nitrogens with two attached hydrogens (primary N) is 3. The first-order valence-electron chi connectivity index (χ1n) is 37.0. The number of amides is 14. The van der Waals surface area contributed by atoms with E-state index in [4.69, 9.17) is 21.9 Å². The topological polar surface area (TPSA) is 592 Å². The molecule has 38 nitrogen and oxygen atoms in total. The van der Waals surface area contributed by atoms with E-state index in [9.17, 15) is 82.4 Å². The second kappa shape index (κ2) is 45.0. The van der Waals surface area contributed by atoms with Gasteiger partial charge in [0, 0.05) is 68.8 Å². The molecule has 3 heterocycles. The Kier molecular flexibility index (Phi) is 36.7. The van der Waals surface area contributed by atoms with E-state index in [1.165, 1.54) is 26.6 Å². The number of nitrogens with one attached hydrogen (secondary N) is 12. The summed E-state index contributed by atoms with van der Waals surface area (Å²) in [6.45, 7) is 7.27. The van der Waals surface area contributed by atoms with Crippen molar-refractivity contribution in [2.45, 2.75) is 204 Å². The molecule has 0 spiro atoms. The Bertz CT molecular complexity index is 3910. The van der Waals surface area contributed by atoms with Crippen molar-refractivity contribution in [3.05, 3.63) is 90.1 Å². The number of carboxylic acid groups (broad SMARTS) is 1. The highest BCUT2D eigenvalue weighted by molar-refractivity contribution is 6.01. The minimum Gasteiger partial charge on any atom is -0.481 e. The van der Waals surface area contributed by atoms with E-state index in [1.807, 2.05) is 13.8 Å². The van der Waals surface area contributed by atoms with Gasteiger partial charge in [0.25, 0.3) is 0 Å². The number of aliphatic carboxylic acids is 1. The second-order valence-corrected chi connectivity index (χ2v) is 28.8. The van der Waals surface area contributed by atoms with E-state index in [0.29, 0.717) is 34.9 Å². The minimum absolute atomic E-state index is 0.0124. The van der Waals surface area contributed by atoms with Crippen molar-refractivity contribution in [3.63, 3.8) is 0 Å². The number of aliphatic hydroxyl groups is 2. The molecule has 2 aromatic carbocycles. The third kappa shape index (κ3) is 29.1. The minimum atomic E-state index is -1.98. The van der Waals surface area contributed by atoms with Crippen LogP contribution in [0.15, 0.2) is 73.3 Å². The number of para-hydroxylation sites is 1. The highest BCUT2D eigenvalue weighted by Gasteiger charge is 2.41. The molecule has 0 saturated carbocycles. The molecular weight excluding hydrogens is 1460 g/mol. The highest BCUT2D eigenvalue weighted by atomic mass is 16.5. The number of likely N-dealkylation sites (N-methyl/N-ethyl adjacent to an activating group) is 2. The SMILES string of the molecule is CC(C)CCC[C@@H]1CC(=O)N[C@@H](CO)C(=O)N[C@H](CC(N)=O)C(=O)N[C@@H](CO)C(=O)NCC(=O)N(C)[C@H](Cc2ccccc2)C(=O)N[C@@H](CC(C)C)C(=O)N[C@H](Cc2cnc[nH]2)C(=O)N[C@@H](CCC(=O)O)C(=O)N[C@H](CC(N)=O)C(=O)N[C@H](Cc2c[nH]c3ccccc23)C(=O)N[C@H](CCCN)C(=O)N(C)[C@@H](C(C)C)C(=O)O1. The number of carbonyl (C=O) groups excluding carboxylic acids is 15. The lowest BCUT2D eigenvalue weighted by Gasteiger charge is -2.34. The molecule has 1 saturated heterocycles. The molecular formula is C74H108N18O20. The lowest BCUT2D eigenvalue weighted by molar-refractivity contribution is -0.162. The van der Waals surface area contributed by atoms with E-state index in [2.05, 4.69) is 68.1 Å². The summed E-state index contributed by atoms with van der Waals surface area (Å²) in [7, 11) is 2.48. The molecule has 0 radical (unpaired) electrons. The summed E-state index contributed by atoms with van der Waals surface area (Å²) in [5.41, 5.74) is 18.9. The first-order valence-corrected chi connectivity index (χ1v) is 37.0. The van der Waals surface area contributed by atoms with Gasteiger partial charge in [-0.3, -0.25) is 71.9 Å². The maximum Gasteiger partial charge on any atom is 0.329 e. The third-order valence-electron chi connectivity index (χ3n) is 18.5. The summed E-state index contributed by atoms with van der Waals surface area (Å²) in [5, 5.41) is 55.8. The zero-order valence-corrected chi connectivity index (χ0v) is 64.2. The number of fused-ring (bicyclic) bond motifs is 1. The van der Waals surface area contributed by atoms with Gasteiger partial charge in [0.15, 0.2) is 0 Å². The molecule has 614 valence electrons. The first kappa shape index (κ1) is 91.2. The fraction of sp³-hybridized carbons (Fsp3) is 0.554. The summed E-state index contributed by atoms with van der Waals surface area (Å²) >= 11 is 0. The van der Waals surface area contributed by atoms with E-state index in [0.717, 1.165) is 9.80 Å². The van der Waals surface area contributed by atoms with Gasteiger partial charge < -0.3 is 110 Å². The number of H-pyrrole nitrogens is 2. The Balaban J connectivity index is 1.64. The summed E-state index contributed by atoms with van der Waals surface area (Å²) in [5.74, 6) is -18.9. The molecule has 0 unspecified atom stereocenters.